The summed E-state index contributed by atoms with van der Waals surface area (Å²) in [4.78, 5) is 0. The number of rotatable bonds is 1. The highest BCUT2D eigenvalue weighted by Gasteiger charge is 2.46. The zero-order chi connectivity index (χ0) is 19.5. The molecule has 0 aromatic heterocycles. The van der Waals surface area contributed by atoms with Crippen molar-refractivity contribution in [2.45, 2.75) is 37.8 Å². The topological polar surface area (TPSA) is 120 Å². The van der Waals surface area contributed by atoms with Gasteiger partial charge in [0.05, 0.1) is 11.1 Å². The maximum Gasteiger partial charge on any atom is 0.146 e. The SMILES string of the molecule is CC1(C)Oc2cc(O)c3c(c2C(O)C1O)OC(c1ccc(O)cc1)=CC3O. The summed E-state index contributed by atoms with van der Waals surface area (Å²) in [6.07, 6.45) is -2.34. The van der Waals surface area contributed by atoms with Gasteiger partial charge in [0.2, 0.25) is 0 Å². The first-order chi connectivity index (χ1) is 12.7. The lowest BCUT2D eigenvalue weighted by Gasteiger charge is -2.41. The summed E-state index contributed by atoms with van der Waals surface area (Å²) >= 11 is 0. The van der Waals surface area contributed by atoms with Crippen molar-refractivity contribution in [3.05, 3.63) is 53.1 Å². The molecule has 7 nitrogen and oxygen atoms in total. The molecule has 0 saturated carbocycles. The van der Waals surface area contributed by atoms with Gasteiger partial charge in [-0.05, 0) is 44.2 Å². The largest absolute Gasteiger partial charge is 0.508 e. The number of fused-ring (bicyclic) bond motifs is 3. The van der Waals surface area contributed by atoms with E-state index in [1.54, 1.807) is 26.0 Å². The van der Waals surface area contributed by atoms with E-state index in [1.807, 2.05) is 0 Å². The van der Waals surface area contributed by atoms with E-state index in [9.17, 15) is 25.5 Å². The number of ether oxygens (including phenoxy) is 2. The summed E-state index contributed by atoms with van der Waals surface area (Å²) in [7, 11) is 0. The van der Waals surface area contributed by atoms with Crippen molar-refractivity contribution in [3.8, 4) is 23.0 Å². The van der Waals surface area contributed by atoms with Crippen LogP contribution in [0.4, 0.5) is 0 Å². The standard InChI is InChI=1S/C20H20O7/c1-20(2)19(25)17(24)16-14(27-20)8-12(23)15-11(22)7-13(26-18(15)16)9-3-5-10(21)6-4-9/h3-8,11,17,19,21-25H,1-2H3. The zero-order valence-corrected chi connectivity index (χ0v) is 14.7. The van der Waals surface area contributed by atoms with Gasteiger partial charge in [-0.15, -0.1) is 0 Å². The van der Waals surface area contributed by atoms with Gasteiger partial charge in [-0.1, -0.05) is 0 Å². The maximum atomic E-state index is 10.7. The third kappa shape index (κ3) is 2.71. The van der Waals surface area contributed by atoms with Crippen LogP contribution in [0.1, 0.15) is 42.7 Å². The van der Waals surface area contributed by atoms with Gasteiger partial charge in [-0.25, -0.2) is 0 Å². The van der Waals surface area contributed by atoms with Crippen LogP contribution in [0.25, 0.3) is 5.76 Å². The fourth-order valence-corrected chi connectivity index (χ4v) is 3.45. The molecule has 0 fully saturated rings. The summed E-state index contributed by atoms with van der Waals surface area (Å²) in [5.74, 6) is 0.351. The molecule has 2 aromatic rings. The Balaban J connectivity index is 1.86. The van der Waals surface area contributed by atoms with Crippen molar-refractivity contribution in [2.24, 2.45) is 0 Å². The first kappa shape index (κ1) is 17.7. The zero-order valence-electron chi connectivity index (χ0n) is 14.7. The highest BCUT2D eigenvalue weighted by Crippen LogP contribution is 2.53. The first-order valence-corrected chi connectivity index (χ1v) is 8.51. The molecule has 2 aromatic carbocycles. The highest BCUT2D eigenvalue weighted by molar-refractivity contribution is 5.71. The molecule has 0 amide bonds. The molecule has 0 radical (unpaired) electrons. The van der Waals surface area contributed by atoms with Gasteiger partial charge in [-0.2, -0.15) is 0 Å². The minimum absolute atomic E-state index is 0.0464. The second kappa shape index (κ2) is 5.88. The molecule has 5 N–H and O–H groups in total. The molecule has 0 saturated heterocycles. The number of benzene rings is 2. The van der Waals surface area contributed by atoms with Crippen molar-refractivity contribution in [1.29, 1.82) is 0 Å². The number of aliphatic hydroxyl groups excluding tert-OH is 3. The molecule has 27 heavy (non-hydrogen) atoms. The van der Waals surface area contributed by atoms with Gasteiger partial charge in [-0.3, -0.25) is 0 Å². The number of aromatic hydroxyl groups is 2. The van der Waals surface area contributed by atoms with Crippen molar-refractivity contribution >= 4 is 5.76 Å². The molecule has 0 aliphatic carbocycles. The summed E-state index contributed by atoms with van der Waals surface area (Å²) < 4.78 is 11.7. The third-order valence-corrected chi connectivity index (χ3v) is 4.95. The minimum atomic E-state index is -1.33. The van der Waals surface area contributed by atoms with Crippen LogP contribution in [0, 0.1) is 0 Å². The number of hydrogen-bond donors (Lipinski definition) is 5. The Morgan fingerprint density at radius 2 is 1.63 bits per heavy atom. The minimum Gasteiger partial charge on any atom is -0.508 e. The summed E-state index contributed by atoms with van der Waals surface area (Å²) in [5.41, 5.74) is -0.235. The summed E-state index contributed by atoms with van der Waals surface area (Å²) in [5, 5.41) is 51.4. The molecule has 2 heterocycles. The normalized spacial score (nSPS) is 25.5. The second-order valence-electron chi connectivity index (χ2n) is 7.27. The number of hydrogen-bond acceptors (Lipinski definition) is 7. The molecule has 0 bridgehead atoms. The Morgan fingerprint density at radius 1 is 0.963 bits per heavy atom. The molecule has 0 spiro atoms. The molecular formula is C20H20O7. The van der Waals surface area contributed by atoms with E-state index in [1.165, 1.54) is 24.3 Å². The van der Waals surface area contributed by atoms with Gasteiger partial charge in [0.25, 0.3) is 0 Å². The quantitative estimate of drug-likeness (QED) is 0.520. The monoisotopic (exact) mass is 372 g/mol. The molecule has 4 rings (SSSR count). The fraction of sp³-hybridized carbons (Fsp3) is 0.300. The summed E-state index contributed by atoms with van der Waals surface area (Å²) in [6, 6.07) is 7.47. The van der Waals surface area contributed by atoms with Gasteiger partial charge >= 0.3 is 0 Å². The van der Waals surface area contributed by atoms with Gasteiger partial charge in [0.1, 0.15) is 52.7 Å². The third-order valence-electron chi connectivity index (χ3n) is 4.95. The van der Waals surface area contributed by atoms with Crippen molar-refractivity contribution in [1.82, 2.24) is 0 Å². The van der Waals surface area contributed by atoms with Gasteiger partial charge in [0, 0.05) is 11.6 Å². The van der Waals surface area contributed by atoms with Crippen LogP contribution in [0.5, 0.6) is 23.0 Å². The Labute approximate surface area is 155 Å². The van der Waals surface area contributed by atoms with Crippen molar-refractivity contribution in [3.63, 3.8) is 0 Å². The van der Waals surface area contributed by atoms with E-state index in [0.717, 1.165) is 0 Å². The Kier molecular flexibility index (Phi) is 3.85. The van der Waals surface area contributed by atoms with Crippen LogP contribution in [-0.4, -0.2) is 37.2 Å². The van der Waals surface area contributed by atoms with Crippen LogP contribution in [0.2, 0.25) is 0 Å². The van der Waals surface area contributed by atoms with E-state index in [0.29, 0.717) is 5.56 Å². The first-order valence-electron chi connectivity index (χ1n) is 8.51. The Morgan fingerprint density at radius 3 is 2.30 bits per heavy atom. The van der Waals surface area contributed by atoms with Gasteiger partial charge in [0.15, 0.2) is 0 Å². The second-order valence-corrected chi connectivity index (χ2v) is 7.27. The average Bonchev–Trinajstić information content (AvgIpc) is 2.59. The van der Waals surface area contributed by atoms with E-state index in [-0.39, 0.29) is 39.9 Å². The molecule has 7 heteroatoms. The van der Waals surface area contributed by atoms with Crippen LogP contribution >= 0.6 is 0 Å². The Bertz CT molecular complexity index is 930. The van der Waals surface area contributed by atoms with E-state index < -0.39 is 23.9 Å². The maximum absolute atomic E-state index is 10.7. The number of phenols is 2. The smallest absolute Gasteiger partial charge is 0.146 e. The van der Waals surface area contributed by atoms with Crippen LogP contribution in [0.3, 0.4) is 0 Å². The van der Waals surface area contributed by atoms with E-state index in [4.69, 9.17) is 9.47 Å². The van der Waals surface area contributed by atoms with Crippen LogP contribution < -0.4 is 9.47 Å². The Hall–Kier alpha value is -2.74. The predicted octanol–water partition coefficient (Wildman–Crippen LogP) is 2.13. The summed E-state index contributed by atoms with van der Waals surface area (Å²) in [6.45, 7) is 3.25. The van der Waals surface area contributed by atoms with Gasteiger partial charge < -0.3 is 35.0 Å². The van der Waals surface area contributed by atoms with Crippen LogP contribution in [0.15, 0.2) is 36.4 Å². The lowest BCUT2D eigenvalue weighted by Crippen LogP contribution is -2.49. The van der Waals surface area contributed by atoms with E-state index >= 15 is 0 Å². The van der Waals surface area contributed by atoms with Crippen molar-refractivity contribution in [2.75, 3.05) is 0 Å². The number of phenolic OH excluding ortho intramolecular Hbond substituents is 2. The van der Waals surface area contributed by atoms with E-state index in [2.05, 4.69) is 0 Å². The molecule has 3 unspecified atom stereocenters. The molecule has 3 atom stereocenters. The lowest BCUT2D eigenvalue weighted by molar-refractivity contribution is -0.112. The predicted molar refractivity (Wildman–Crippen MR) is 95.5 cm³/mol. The average molecular weight is 372 g/mol. The molecule has 2 aliphatic heterocycles. The molecule has 2 aliphatic rings. The van der Waals surface area contributed by atoms with Crippen LogP contribution in [-0.2, 0) is 0 Å². The highest BCUT2D eigenvalue weighted by atomic mass is 16.5. The van der Waals surface area contributed by atoms with Crippen molar-refractivity contribution < 1.29 is 35.0 Å². The lowest BCUT2D eigenvalue weighted by atomic mass is 9.85. The molecule has 142 valence electrons. The number of aliphatic hydroxyl groups is 3. The molecular weight excluding hydrogens is 352 g/mol. The fourth-order valence-electron chi connectivity index (χ4n) is 3.45.